The van der Waals surface area contributed by atoms with E-state index in [4.69, 9.17) is 0 Å². The van der Waals surface area contributed by atoms with Gasteiger partial charge in [-0.15, -0.1) is 0 Å². The van der Waals surface area contributed by atoms with Crippen LogP contribution >= 0.6 is 15.9 Å². The van der Waals surface area contributed by atoms with Crippen LogP contribution < -0.4 is 0 Å². The standard InChI is InChI=1S/C5H11Br.C3H3N3O2/c1-2-3-4-5-6;7-6(8)5-3-1-2-4-5/h2-5H2,1H3;1-3H. The summed E-state index contributed by atoms with van der Waals surface area (Å²) in [5.74, 6) is 0. The normalized spacial score (nSPS) is 9.00. The summed E-state index contributed by atoms with van der Waals surface area (Å²) in [6.45, 7) is 2.21. The largest absolute Gasteiger partial charge is 0.339 e. The third-order valence-electron chi connectivity index (χ3n) is 1.39. The van der Waals surface area contributed by atoms with Crippen molar-refractivity contribution in [2.24, 2.45) is 0 Å². The van der Waals surface area contributed by atoms with Gasteiger partial charge in [0.05, 0.1) is 5.03 Å². The molecule has 0 radical (unpaired) electrons. The summed E-state index contributed by atoms with van der Waals surface area (Å²) in [7, 11) is 0. The Morgan fingerprint density at radius 3 is 2.50 bits per heavy atom. The number of hydrogen-bond donors (Lipinski definition) is 0. The fourth-order valence-corrected chi connectivity index (χ4v) is 1.10. The molecule has 0 fully saturated rings. The molecule has 1 rings (SSSR count). The maximum Gasteiger partial charge on any atom is 0.167 e. The van der Waals surface area contributed by atoms with E-state index < -0.39 is 5.03 Å². The predicted octanol–water partition coefficient (Wildman–Crippen LogP) is 2.49. The summed E-state index contributed by atoms with van der Waals surface area (Å²) < 4.78 is 0. The van der Waals surface area contributed by atoms with Crippen LogP contribution in [0.15, 0.2) is 18.5 Å². The van der Waals surface area contributed by atoms with Crippen molar-refractivity contribution in [3.63, 3.8) is 0 Å². The van der Waals surface area contributed by atoms with E-state index in [-0.39, 0.29) is 0 Å². The van der Waals surface area contributed by atoms with E-state index in [1.165, 1.54) is 43.1 Å². The fraction of sp³-hybridized carbons (Fsp3) is 0.625. The van der Waals surface area contributed by atoms with Gasteiger partial charge in [0.2, 0.25) is 0 Å². The van der Waals surface area contributed by atoms with Gasteiger partial charge in [-0.3, -0.25) is 0 Å². The highest BCUT2D eigenvalue weighted by Gasteiger charge is 1.94. The Bertz CT molecular complexity index is 235. The second kappa shape index (κ2) is 8.68. The number of aromatic nitrogens is 2. The van der Waals surface area contributed by atoms with Crippen LogP contribution in [-0.4, -0.2) is 20.3 Å². The molecule has 0 spiro atoms. The van der Waals surface area contributed by atoms with Crippen LogP contribution in [0.5, 0.6) is 0 Å². The number of alkyl halides is 1. The summed E-state index contributed by atoms with van der Waals surface area (Å²) in [5.41, 5.74) is 0. The van der Waals surface area contributed by atoms with Gasteiger partial charge >= 0.3 is 0 Å². The monoisotopic (exact) mass is 263 g/mol. The molecule has 14 heavy (non-hydrogen) atoms. The van der Waals surface area contributed by atoms with Crippen LogP contribution in [0.2, 0.25) is 0 Å². The van der Waals surface area contributed by atoms with Crippen molar-refractivity contribution in [2.45, 2.75) is 26.2 Å². The maximum atomic E-state index is 9.77. The molecule has 1 aromatic rings. The number of unbranched alkanes of at least 4 members (excludes halogenated alkanes) is 2. The molecule has 5 nitrogen and oxygen atoms in total. The van der Waals surface area contributed by atoms with E-state index in [0.29, 0.717) is 4.79 Å². The van der Waals surface area contributed by atoms with Crippen LogP contribution in [0.4, 0.5) is 0 Å². The molecule has 0 atom stereocenters. The minimum atomic E-state index is -0.611. The van der Waals surface area contributed by atoms with Crippen molar-refractivity contribution in [2.75, 3.05) is 5.33 Å². The van der Waals surface area contributed by atoms with Gasteiger partial charge in [0, 0.05) is 21.3 Å². The number of rotatable bonds is 4. The zero-order valence-corrected chi connectivity index (χ0v) is 9.68. The van der Waals surface area contributed by atoms with Crippen molar-refractivity contribution in [1.29, 1.82) is 0 Å². The molecular formula is C8H14BrN3O2. The van der Waals surface area contributed by atoms with Gasteiger partial charge in [0.1, 0.15) is 6.20 Å². The highest BCUT2D eigenvalue weighted by molar-refractivity contribution is 9.09. The maximum absolute atomic E-state index is 9.77. The Balaban J connectivity index is 0.000000255. The number of hydrogen-bond acceptors (Lipinski definition) is 3. The zero-order chi connectivity index (χ0) is 10.8. The SMILES string of the molecule is CCCCCBr.O=[N+]([O-])n1cccn1. The molecule has 0 bridgehead atoms. The first-order valence-electron chi connectivity index (χ1n) is 4.42. The molecule has 0 amide bonds. The minimum absolute atomic E-state index is 0.611. The van der Waals surface area contributed by atoms with Crippen LogP contribution in [-0.2, 0) is 0 Å². The van der Waals surface area contributed by atoms with Crippen molar-refractivity contribution < 1.29 is 5.03 Å². The third-order valence-corrected chi connectivity index (χ3v) is 1.96. The van der Waals surface area contributed by atoms with Gasteiger partial charge in [-0.25, -0.2) is 0 Å². The Morgan fingerprint density at radius 1 is 1.57 bits per heavy atom. The van der Waals surface area contributed by atoms with Crippen LogP contribution in [0, 0.1) is 10.1 Å². The highest BCUT2D eigenvalue weighted by atomic mass is 79.9. The average molecular weight is 264 g/mol. The highest BCUT2D eigenvalue weighted by Crippen LogP contribution is 1.95. The second-order valence-corrected chi connectivity index (χ2v) is 3.35. The van der Waals surface area contributed by atoms with E-state index in [1.807, 2.05) is 0 Å². The van der Waals surface area contributed by atoms with Gasteiger partial charge < -0.3 is 10.1 Å². The molecule has 1 heterocycles. The minimum Gasteiger partial charge on any atom is -0.339 e. The molecule has 0 N–H and O–H groups in total. The Labute approximate surface area is 91.4 Å². The van der Waals surface area contributed by atoms with Crippen molar-refractivity contribution >= 4 is 15.9 Å². The lowest BCUT2D eigenvalue weighted by molar-refractivity contribution is -0.552. The summed E-state index contributed by atoms with van der Waals surface area (Å²) in [5, 5.41) is 13.7. The van der Waals surface area contributed by atoms with Gasteiger partial charge in [-0.1, -0.05) is 35.7 Å². The first-order valence-corrected chi connectivity index (χ1v) is 5.54. The molecule has 6 heteroatoms. The van der Waals surface area contributed by atoms with Crippen LogP contribution in [0.25, 0.3) is 0 Å². The molecule has 80 valence electrons. The molecule has 0 saturated carbocycles. The molecule has 0 aromatic carbocycles. The lowest BCUT2D eigenvalue weighted by Gasteiger charge is -1.85. The van der Waals surface area contributed by atoms with E-state index >= 15 is 0 Å². The van der Waals surface area contributed by atoms with Crippen molar-refractivity contribution in [1.82, 2.24) is 9.89 Å². The second-order valence-electron chi connectivity index (χ2n) is 2.56. The molecule has 0 aliphatic heterocycles. The molecule has 0 aliphatic rings. The number of nitrogens with zero attached hydrogens (tertiary/aromatic N) is 3. The summed E-state index contributed by atoms with van der Waals surface area (Å²) in [6.07, 6.45) is 6.64. The van der Waals surface area contributed by atoms with Gasteiger partial charge in [0.25, 0.3) is 0 Å². The average Bonchev–Trinajstić information content (AvgIpc) is 2.68. The van der Waals surface area contributed by atoms with Gasteiger partial charge in [0.15, 0.2) is 6.20 Å². The van der Waals surface area contributed by atoms with E-state index in [0.717, 1.165) is 0 Å². The molecular weight excluding hydrogens is 250 g/mol. The van der Waals surface area contributed by atoms with E-state index in [1.54, 1.807) is 0 Å². The summed E-state index contributed by atoms with van der Waals surface area (Å²) in [6, 6.07) is 1.49. The molecule has 1 aromatic heterocycles. The topological polar surface area (TPSA) is 61.0 Å². The summed E-state index contributed by atoms with van der Waals surface area (Å²) in [4.78, 5) is 10.4. The van der Waals surface area contributed by atoms with E-state index in [2.05, 4.69) is 28.0 Å². The summed E-state index contributed by atoms with van der Waals surface area (Å²) >= 11 is 3.35. The first kappa shape index (κ1) is 13.1. The predicted molar refractivity (Wildman–Crippen MR) is 57.9 cm³/mol. The lowest BCUT2D eigenvalue weighted by atomic mass is 10.3. The van der Waals surface area contributed by atoms with E-state index in [9.17, 15) is 10.1 Å². The number of nitro groups is 1. The molecule has 0 unspecified atom stereocenters. The Kier molecular flexibility index (Phi) is 8.11. The third kappa shape index (κ3) is 6.59. The smallest absolute Gasteiger partial charge is 0.167 e. The van der Waals surface area contributed by atoms with Gasteiger partial charge in [-0.2, -0.15) is 0 Å². The van der Waals surface area contributed by atoms with Crippen molar-refractivity contribution in [3.05, 3.63) is 28.6 Å². The zero-order valence-electron chi connectivity index (χ0n) is 8.10. The Morgan fingerprint density at radius 2 is 2.29 bits per heavy atom. The number of halogens is 1. The lowest BCUT2D eigenvalue weighted by Crippen LogP contribution is -2.07. The van der Waals surface area contributed by atoms with Gasteiger partial charge in [-0.05, 0) is 6.42 Å². The molecule has 0 saturated heterocycles. The quantitative estimate of drug-likeness (QED) is 0.363. The molecule has 0 aliphatic carbocycles. The van der Waals surface area contributed by atoms with Crippen LogP contribution in [0.3, 0.4) is 0 Å². The van der Waals surface area contributed by atoms with Crippen LogP contribution in [0.1, 0.15) is 26.2 Å². The first-order chi connectivity index (χ1) is 6.72. The van der Waals surface area contributed by atoms with Crippen molar-refractivity contribution in [3.8, 4) is 0 Å². The fourth-order valence-electron chi connectivity index (χ4n) is 0.702. The Hall–Kier alpha value is -0.910.